The van der Waals surface area contributed by atoms with Crippen LogP contribution in [0.4, 0.5) is 13.2 Å². The molecular formula is C11H8F3NO3. The highest BCUT2D eigenvalue weighted by Crippen LogP contribution is 2.17. The summed E-state index contributed by atoms with van der Waals surface area (Å²) in [6.45, 7) is 0. The molecule has 0 saturated heterocycles. The van der Waals surface area contributed by atoms with Crippen molar-refractivity contribution in [2.45, 2.75) is 12.6 Å². The fraction of sp³-hybridized carbons (Fsp3) is 0.182. The lowest BCUT2D eigenvalue weighted by Crippen LogP contribution is -2.35. The molecule has 0 aliphatic heterocycles. The first kappa shape index (κ1) is 13.9. The Balaban J connectivity index is 2.57. The smallest absolute Gasteiger partial charge is 0.292 e. The molecule has 0 saturated carbocycles. The van der Waals surface area contributed by atoms with E-state index in [2.05, 4.69) is 0 Å². The Labute approximate surface area is 99.8 Å². The summed E-state index contributed by atoms with van der Waals surface area (Å²) >= 11 is 0. The number of hydrogen-bond donors (Lipinski definition) is 1. The molecule has 7 heteroatoms. The van der Waals surface area contributed by atoms with E-state index in [-0.39, 0.29) is 5.56 Å². The molecule has 1 aromatic carbocycles. The van der Waals surface area contributed by atoms with E-state index in [1.54, 1.807) is 11.4 Å². The first-order valence-corrected chi connectivity index (χ1v) is 4.80. The first-order valence-electron chi connectivity index (χ1n) is 4.80. The van der Waals surface area contributed by atoms with Gasteiger partial charge >= 0.3 is 6.18 Å². The van der Waals surface area contributed by atoms with Crippen LogP contribution in [0.15, 0.2) is 30.3 Å². The van der Waals surface area contributed by atoms with E-state index in [0.29, 0.717) is 0 Å². The molecule has 1 N–H and O–H groups in total. The standard InChI is InChI=1S/C11H8F3NO3/c12-11(13,14)8(16)6-9(17)15-10(18)7-4-2-1-3-5-7/h1-5H,6H2,(H,15,17,18). The van der Waals surface area contributed by atoms with Gasteiger partial charge in [0.1, 0.15) is 0 Å². The molecule has 0 aliphatic rings. The molecule has 1 rings (SSSR count). The van der Waals surface area contributed by atoms with Gasteiger partial charge in [-0.1, -0.05) is 18.2 Å². The van der Waals surface area contributed by atoms with E-state index in [4.69, 9.17) is 0 Å². The Kier molecular flexibility index (Phi) is 4.19. The van der Waals surface area contributed by atoms with Crippen LogP contribution in [0.1, 0.15) is 16.8 Å². The Morgan fingerprint density at radius 3 is 2.11 bits per heavy atom. The first-order chi connectivity index (χ1) is 8.30. The molecule has 0 unspecified atom stereocenters. The number of benzene rings is 1. The van der Waals surface area contributed by atoms with E-state index in [0.717, 1.165) is 0 Å². The van der Waals surface area contributed by atoms with E-state index < -0.39 is 30.2 Å². The number of hydrogen-bond acceptors (Lipinski definition) is 3. The van der Waals surface area contributed by atoms with Gasteiger partial charge in [-0.15, -0.1) is 0 Å². The van der Waals surface area contributed by atoms with Crippen LogP contribution in [-0.4, -0.2) is 23.8 Å². The minimum atomic E-state index is -5.08. The highest BCUT2D eigenvalue weighted by Gasteiger charge is 2.39. The number of amides is 2. The quantitative estimate of drug-likeness (QED) is 0.836. The summed E-state index contributed by atoms with van der Waals surface area (Å²) in [6.07, 6.45) is -6.48. The molecule has 0 radical (unpaired) electrons. The van der Waals surface area contributed by atoms with Gasteiger partial charge in [0, 0.05) is 5.56 Å². The third kappa shape index (κ3) is 4.00. The molecular weight excluding hydrogens is 251 g/mol. The van der Waals surface area contributed by atoms with Crippen molar-refractivity contribution in [1.82, 2.24) is 5.32 Å². The Bertz CT molecular complexity index is 468. The molecule has 96 valence electrons. The predicted molar refractivity (Wildman–Crippen MR) is 54.6 cm³/mol. The molecule has 1 aromatic rings. The van der Waals surface area contributed by atoms with Gasteiger partial charge in [-0.2, -0.15) is 13.2 Å². The highest BCUT2D eigenvalue weighted by molar-refractivity contribution is 6.10. The summed E-state index contributed by atoms with van der Waals surface area (Å²) in [5.41, 5.74) is 0.116. The summed E-state index contributed by atoms with van der Waals surface area (Å²) in [6, 6.07) is 7.45. The highest BCUT2D eigenvalue weighted by atomic mass is 19.4. The lowest BCUT2D eigenvalue weighted by Gasteiger charge is -2.05. The molecule has 0 spiro atoms. The largest absolute Gasteiger partial charge is 0.450 e. The Morgan fingerprint density at radius 2 is 1.61 bits per heavy atom. The molecule has 18 heavy (non-hydrogen) atoms. The van der Waals surface area contributed by atoms with Gasteiger partial charge in [0.25, 0.3) is 5.91 Å². The van der Waals surface area contributed by atoms with Gasteiger partial charge in [-0.05, 0) is 12.1 Å². The normalized spacial score (nSPS) is 10.8. The summed E-state index contributed by atoms with van der Waals surface area (Å²) in [7, 11) is 0. The topological polar surface area (TPSA) is 63.2 Å². The van der Waals surface area contributed by atoms with Crippen molar-refractivity contribution in [3.8, 4) is 0 Å². The number of carbonyl (C=O) groups excluding carboxylic acids is 3. The summed E-state index contributed by atoms with van der Waals surface area (Å²) in [4.78, 5) is 32.9. The van der Waals surface area contributed by atoms with Crippen LogP contribution in [-0.2, 0) is 9.59 Å². The van der Waals surface area contributed by atoms with Gasteiger partial charge in [0.05, 0.1) is 6.42 Å². The second kappa shape index (κ2) is 5.44. The third-order valence-corrected chi connectivity index (χ3v) is 1.93. The van der Waals surface area contributed by atoms with Gasteiger partial charge in [0.2, 0.25) is 11.7 Å². The average Bonchev–Trinajstić information content (AvgIpc) is 2.28. The number of rotatable bonds is 3. The van der Waals surface area contributed by atoms with E-state index in [9.17, 15) is 27.6 Å². The maximum Gasteiger partial charge on any atom is 0.450 e. The van der Waals surface area contributed by atoms with Crippen LogP contribution in [0.25, 0.3) is 0 Å². The third-order valence-electron chi connectivity index (χ3n) is 1.93. The Hall–Kier alpha value is -2.18. The number of Topliss-reactive ketones (excluding diaryl/α,β-unsaturated/α-hetero) is 1. The Morgan fingerprint density at radius 1 is 1.06 bits per heavy atom. The lowest BCUT2D eigenvalue weighted by atomic mass is 10.2. The van der Waals surface area contributed by atoms with Crippen molar-refractivity contribution in [2.24, 2.45) is 0 Å². The second-order valence-electron chi connectivity index (χ2n) is 3.34. The monoisotopic (exact) mass is 259 g/mol. The number of ketones is 1. The maximum atomic E-state index is 11.9. The number of carbonyl (C=O) groups is 3. The van der Waals surface area contributed by atoms with E-state index in [1.807, 2.05) is 0 Å². The minimum Gasteiger partial charge on any atom is -0.292 e. The lowest BCUT2D eigenvalue weighted by molar-refractivity contribution is -0.171. The van der Waals surface area contributed by atoms with Crippen molar-refractivity contribution in [3.05, 3.63) is 35.9 Å². The predicted octanol–water partition coefficient (Wildman–Crippen LogP) is 1.46. The molecule has 0 aliphatic carbocycles. The van der Waals surface area contributed by atoms with Gasteiger partial charge < -0.3 is 0 Å². The van der Waals surface area contributed by atoms with Crippen LogP contribution < -0.4 is 5.32 Å². The minimum absolute atomic E-state index is 0.116. The van der Waals surface area contributed by atoms with Crippen molar-refractivity contribution < 1.29 is 27.6 Å². The van der Waals surface area contributed by atoms with Crippen LogP contribution in [0, 0.1) is 0 Å². The number of alkyl halides is 3. The molecule has 0 aromatic heterocycles. The van der Waals surface area contributed by atoms with Crippen LogP contribution in [0.5, 0.6) is 0 Å². The van der Waals surface area contributed by atoms with Gasteiger partial charge in [-0.3, -0.25) is 19.7 Å². The zero-order valence-corrected chi connectivity index (χ0v) is 8.95. The van der Waals surface area contributed by atoms with Crippen LogP contribution in [0.2, 0.25) is 0 Å². The number of halogens is 3. The zero-order valence-electron chi connectivity index (χ0n) is 8.95. The fourth-order valence-electron chi connectivity index (χ4n) is 1.08. The van der Waals surface area contributed by atoms with Crippen LogP contribution >= 0.6 is 0 Å². The summed E-state index contributed by atoms with van der Waals surface area (Å²) in [5.74, 6) is -4.33. The number of imide groups is 1. The van der Waals surface area contributed by atoms with Crippen LogP contribution in [0.3, 0.4) is 0 Å². The average molecular weight is 259 g/mol. The van der Waals surface area contributed by atoms with Gasteiger partial charge in [0.15, 0.2) is 0 Å². The van der Waals surface area contributed by atoms with Crippen molar-refractivity contribution in [3.63, 3.8) is 0 Å². The molecule has 4 nitrogen and oxygen atoms in total. The number of nitrogens with one attached hydrogen (secondary N) is 1. The van der Waals surface area contributed by atoms with Crippen molar-refractivity contribution in [2.75, 3.05) is 0 Å². The van der Waals surface area contributed by atoms with Crippen molar-refractivity contribution in [1.29, 1.82) is 0 Å². The summed E-state index contributed by atoms with van der Waals surface area (Å²) in [5, 5.41) is 1.70. The second-order valence-corrected chi connectivity index (χ2v) is 3.34. The zero-order chi connectivity index (χ0) is 13.8. The molecule has 0 bridgehead atoms. The molecule has 0 fully saturated rings. The van der Waals surface area contributed by atoms with E-state index in [1.165, 1.54) is 24.3 Å². The van der Waals surface area contributed by atoms with Gasteiger partial charge in [-0.25, -0.2) is 0 Å². The molecule has 0 atom stereocenters. The van der Waals surface area contributed by atoms with E-state index >= 15 is 0 Å². The fourth-order valence-corrected chi connectivity index (χ4v) is 1.08. The maximum absolute atomic E-state index is 11.9. The molecule has 0 heterocycles. The molecule has 2 amide bonds. The SMILES string of the molecule is O=C(CC(=O)C(F)(F)F)NC(=O)c1ccccc1. The summed E-state index contributed by atoms with van der Waals surface area (Å²) < 4.78 is 35.6. The van der Waals surface area contributed by atoms with Crippen molar-refractivity contribution >= 4 is 17.6 Å².